The summed E-state index contributed by atoms with van der Waals surface area (Å²) in [5.74, 6) is -0.302. The van der Waals surface area contributed by atoms with Crippen molar-refractivity contribution in [2.75, 3.05) is 32.7 Å². The predicted octanol–water partition coefficient (Wildman–Crippen LogP) is 4.79. The lowest BCUT2D eigenvalue weighted by Crippen LogP contribution is -2.53. The van der Waals surface area contributed by atoms with E-state index in [1.807, 2.05) is 0 Å². The van der Waals surface area contributed by atoms with E-state index in [1.54, 1.807) is 5.01 Å². The molecule has 1 aromatic heterocycles. The van der Waals surface area contributed by atoms with Gasteiger partial charge in [0.15, 0.2) is 11.6 Å². The molecule has 1 fully saturated rings. The Hall–Kier alpha value is -3.71. The Bertz CT molecular complexity index is 1270. The fourth-order valence-corrected chi connectivity index (χ4v) is 3.87. The molecule has 4 rings (SSSR count). The number of rotatable bonds is 6. The van der Waals surface area contributed by atoms with Gasteiger partial charge in [0.05, 0.1) is 11.1 Å². The van der Waals surface area contributed by atoms with Crippen LogP contribution >= 0.6 is 0 Å². The van der Waals surface area contributed by atoms with Crippen LogP contribution in [0, 0.1) is 0 Å². The number of hydrogen-bond acceptors (Lipinski definition) is 5. The third kappa shape index (κ3) is 6.58. The molecular weight excluding hydrogens is 514 g/mol. The minimum Gasteiger partial charge on any atom is -0.301 e. The van der Waals surface area contributed by atoms with Gasteiger partial charge in [0.1, 0.15) is 0 Å². The number of aromatic nitrogens is 3. The first kappa shape index (κ1) is 27.3. The smallest absolute Gasteiger partial charge is 0.301 e. The highest BCUT2D eigenvalue weighted by molar-refractivity contribution is 5.90. The summed E-state index contributed by atoms with van der Waals surface area (Å²) in [7, 11) is 0. The van der Waals surface area contributed by atoms with E-state index < -0.39 is 29.4 Å². The SMILES string of the molecule is CCN1CCN(NC(=O)/C=C\n2nc(-c3ccc(C(F)(F)F)cc3)nc2-c2ccc(C(F)(F)F)cc2)CC1. The number of amides is 1. The Morgan fingerprint density at radius 1 is 0.868 bits per heavy atom. The van der Waals surface area contributed by atoms with Crippen LogP contribution in [0.5, 0.6) is 0 Å². The fourth-order valence-electron chi connectivity index (χ4n) is 3.87. The molecule has 202 valence electrons. The van der Waals surface area contributed by atoms with Gasteiger partial charge in [-0.1, -0.05) is 31.2 Å². The molecule has 2 heterocycles. The van der Waals surface area contributed by atoms with Gasteiger partial charge < -0.3 is 4.90 Å². The van der Waals surface area contributed by atoms with E-state index in [1.165, 1.54) is 41.2 Å². The number of nitrogens with zero attached hydrogens (tertiary/aromatic N) is 5. The second-order valence-corrected chi connectivity index (χ2v) is 8.57. The second kappa shape index (κ2) is 11.0. The standard InChI is InChI=1S/C25H24F6N6O/c1-2-35-13-15-36(16-14-35)33-21(38)11-12-37-23(18-5-9-20(10-6-18)25(29,30)31)32-22(34-37)17-3-7-19(8-4-17)24(26,27)28/h3-12H,2,13-16H2,1H3,(H,33,38)/b12-11-. The zero-order chi connectivity index (χ0) is 27.5. The van der Waals surface area contributed by atoms with E-state index in [0.717, 1.165) is 43.9 Å². The summed E-state index contributed by atoms with van der Waals surface area (Å²) in [6.45, 7) is 5.87. The highest BCUT2D eigenvalue weighted by Gasteiger charge is 2.31. The molecule has 13 heteroatoms. The Morgan fingerprint density at radius 2 is 1.39 bits per heavy atom. The molecule has 0 atom stereocenters. The van der Waals surface area contributed by atoms with Gasteiger partial charge in [-0.2, -0.15) is 26.3 Å². The molecule has 1 saturated heterocycles. The molecule has 1 amide bonds. The Labute approximate surface area is 214 Å². The molecule has 1 aliphatic heterocycles. The number of piperazine rings is 1. The highest BCUT2D eigenvalue weighted by Crippen LogP contribution is 2.32. The Morgan fingerprint density at radius 3 is 1.89 bits per heavy atom. The van der Waals surface area contributed by atoms with E-state index in [0.29, 0.717) is 13.1 Å². The number of alkyl halides is 6. The third-order valence-corrected chi connectivity index (χ3v) is 6.03. The van der Waals surface area contributed by atoms with Crippen molar-refractivity contribution in [2.24, 2.45) is 0 Å². The first-order valence-corrected chi connectivity index (χ1v) is 11.7. The summed E-state index contributed by atoms with van der Waals surface area (Å²) in [6, 6.07) is 8.36. The summed E-state index contributed by atoms with van der Waals surface area (Å²) >= 11 is 0. The van der Waals surface area contributed by atoms with Gasteiger partial charge in [0.2, 0.25) is 0 Å². The summed E-state index contributed by atoms with van der Waals surface area (Å²) in [6.07, 6.45) is -6.55. The molecule has 38 heavy (non-hydrogen) atoms. The van der Waals surface area contributed by atoms with Gasteiger partial charge >= 0.3 is 12.4 Å². The minimum absolute atomic E-state index is 0.0365. The molecule has 0 bridgehead atoms. The van der Waals surface area contributed by atoms with Crippen LogP contribution in [0.3, 0.4) is 0 Å². The number of likely N-dealkylation sites (N-methyl/N-ethyl adjacent to an activating group) is 1. The van der Waals surface area contributed by atoms with Crippen LogP contribution in [0.15, 0.2) is 54.6 Å². The number of benzene rings is 2. The second-order valence-electron chi connectivity index (χ2n) is 8.57. The largest absolute Gasteiger partial charge is 0.416 e. The average Bonchev–Trinajstić information content (AvgIpc) is 3.31. The molecule has 0 unspecified atom stereocenters. The van der Waals surface area contributed by atoms with Gasteiger partial charge in [-0.15, -0.1) is 5.10 Å². The summed E-state index contributed by atoms with van der Waals surface area (Å²) in [5.41, 5.74) is 1.59. The van der Waals surface area contributed by atoms with Crippen LogP contribution in [0.1, 0.15) is 18.1 Å². The molecule has 2 aromatic carbocycles. The van der Waals surface area contributed by atoms with Crippen molar-refractivity contribution in [3.63, 3.8) is 0 Å². The maximum absolute atomic E-state index is 13.0. The quantitative estimate of drug-likeness (QED) is 0.361. The molecule has 0 aliphatic carbocycles. The maximum atomic E-state index is 13.0. The first-order valence-electron chi connectivity index (χ1n) is 11.7. The summed E-state index contributed by atoms with van der Waals surface area (Å²) in [5, 5.41) is 6.06. The molecule has 0 radical (unpaired) electrons. The molecule has 0 saturated carbocycles. The van der Waals surface area contributed by atoms with Crippen molar-refractivity contribution < 1.29 is 31.1 Å². The Kier molecular flexibility index (Phi) is 7.88. The number of carbonyl (C=O) groups is 1. The van der Waals surface area contributed by atoms with Gasteiger partial charge in [0, 0.05) is 49.6 Å². The average molecular weight is 538 g/mol. The zero-order valence-electron chi connectivity index (χ0n) is 20.2. The molecule has 1 N–H and O–H groups in total. The van der Waals surface area contributed by atoms with Crippen LogP contribution < -0.4 is 5.43 Å². The van der Waals surface area contributed by atoms with E-state index in [-0.39, 0.29) is 22.8 Å². The van der Waals surface area contributed by atoms with Gasteiger partial charge in [0.25, 0.3) is 5.91 Å². The van der Waals surface area contributed by atoms with Crippen molar-refractivity contribution in [3.05, 3.63) is 65.7 Å². The molecule has 0 spiro atoms. The van der Waals surface area contributed by atoms with Crippen molar-refractivity contribution in [3.8, 4) is 22.8 Å². The van der Waals surface area contributed by atoms with Crippen LogP contribution in [0.4, 0.5) is 26.3 Å². The van der Waals surface area contributed by atoms with Gasteiger partial charge in [-0.05, 0) is 30.8 Å². The van der Waals surface area contributed by atoms with E-state index >= 15 is 0 Å². The van der Waals surface area contributed by atoms with Gasteiger partial charge in [-0.25, -0.2) is 14.7 Å². The fraction of sp³-hybridized carbons (Fsp3) is 0.320. The van der Waals surface area contributed by atoms with E-state index in [2.05, 4.69) is 27.3 Å². The molecule has 7 nitrogen and oxygen atoms in total. The number of nitrogens with one attached hydrogen (secondary N) is 1. The van der Waals surface area contributed by atoms with Gasteiger partial charge in [-0.3, -0.25) is 10.2 Å². The lowest BCUT2D eigenvalue weighted by Gasteiger charge is -2.33. The number of carbonyl (C=O) groups excluding carboxylic acids is 1. The lowest BCUT2D eigenvalue weighted by atomic mass is 10.1. The van der Waals surface area contributed by atoms with Crippen molar-refractivity contribution in [1.82, 2.24) is 30.1 Å². The zero-order valence-corrected chi connectivity index (χ0v) is 20.2. The summed E-state index contributed by atoms with van der Waals surface area (Å²) in [4.78, 5) is 19.1. The molecular formula is C25H24F6N6O. The third-order valence-electron chi connectivity index (χ3n) is 6.03. The van der Waals surface area contributed by atoms with E-state index in [9.17, 15) is 31.1 Å². The predicted molar refractivity (Wildman–Crippen MR) is 128 cm³/mol. The summed E-state index contributed by atoms with van der Waals surface area (Å²) < 4.78 is 79.1. The molecule has 3 aromatic rings. The van der Waals surface area contributed by atoms with Crippen LogP contribution in [-0.2, 0) is 17.1 Å². The number of hydrogen-bond donors (Lipinski definition) is 1. The topological polar surface area (TPSA) is 66.3 Å². The van der Waals surface area contributed by atoms with Crippen LogP contribution in [0.2, 0.25) is 0 Å². The van der Waals surface area contributed by atoms with Crippen molar-refractivity contribution in [2.45, 2.75) is 19.3 Å². The monoisotopic (exact) mass is 538 g/mol. The minimum atomic E-state index is -4.53. The number of halogens is 6. The Balaban J connectivity index is 1.60. The van der Waals surface area contributed by atoms with Crippen LogP contribution in [0.25, 0.3) is 29.0 Å². The lowest BCUT2D eigenvalue weighted by molar-refractivity contribution is -0.138. The van der Waals surface area contributed by atoms with Crippen LogP contribution in [-0.4, -0.2) is 63.3 Å². The first-order chi connectivity index (χ1) is 17.9. The number of hydrazine groups is 1. The van der Waals surface area contributed by atoms with E-state index in [4.69, 9.17) is 0 Å². The van der Waals surface area contributed by atoms with Crippen molar-refractivity contribution in [1.29, 1.82) is 0 Å². The molecule has 1 aliphatic rings. The normalized spacial score (nSPS) is 15.8. The highest BCUT2D eigenvalue weighted by atomic mass is 19.4. The maximum Gasteiger partial charge on any atom is 0.416 e. The van der Waals surface area contributed by atoms with Crippen molar-refractivity contribution >= 4 is 12.1 Å².